The average Bonchev–Trinajstić information content (AvgIpc) is 1.91. The molecule has 0 amide bonds. The Morgan fingerprint density at radius 3 is 2.44 bits per heavy atom. The van der Waals surface area contributed by atoms with E-state index in [4.69, 9.17) is 12.8 Å². The summed E-state index contributed by atoms with van der Waals surface area (Å²) in [5.74, 6) is 0. The van der Waals surface area contributed by atoms with E-state index in [-0.39, 0.29) is 0 Å². The molecule has 0 aromatic heterocycles. The Morgan fingerprint density at radius 1 is 1.22 bits per heavy atom. The van der Waals surface area contributed by atoms with Gasteiger partial charge < -0.3 is 18.2 Å². The highest BCUT2D eigenvalue weighted by molar-refractivity contribution is 6.03. The molecule has 0 spiro atoms. The third-order valence-electron chi connectivity index (χ3n) is 1.79. The maximum atomic E-state index is 5.01. The molecule has 0 aromatic carbocycles. The van der Waals surface area contributed by atoms with E-state index >= 15 is 0 Å². The van der Waals surface area contributed by atoms with Gasteiger partial charge in [0.2, 0.25) is 0 Å². The molecular weight excluding hydrogens is 113 g/mol. The zero-order valence-corrected chi connectivity index (χ0v) is 5.60. The standard InChI is InChI=1S/C6H12BNO/c7-8-9-6-4-2-1-3-5-6/h6,8H,1-5H2/q-1. The van der Waals surface area contributed by atoms with Crippen molar-refractivity contribution < 1.29 is 4.84 Å². The molecule has 0 bridgehead atoms. The Bertz CT molecular complexity index is 70.7. The lowest BCUT2D eigenvalue weighted by atomic mass is 9.98. The lowest BCUT2D eigenvalue weighted by Crippen LogP contribution is -2.23. The van der Waals surface area contributed by atoms with E-state index in [1.807, 2.05) is 0 Å². The van der Waals surface area contributed by atoms with Gasteiger partial charge in [0, 0.05) is 0 Å². The molecule has 1 N–H and O–H groups in total. The molecule has 1 rings (SSSR count). The predicted octanol–water partition coefficient (Wildman–Crippen LogP) is 0.924. The normalized spacial score (nSPS) is 22.3. The van der Waals surface area contributed by atoms with Gasteiger partial charge >= 0.3 is 0 Å². The van der Waals surface area contributed by atoms with Crippen LogP contribution in [0, 0.1) is 0 Å². The van der Waals surface area contributed by atoms with Crippen molar-refractivity contribution in [1.82, 2.24) is 5.39 Å². The van der Waals surface area contributed by atoms with Crippen molar-refractivity contribution in [3.8, 4) is 0 Å². The second-order valence-corrected chi connectivity index (χ2v) is 2.50. The summed E-state index contributed by atoms with van der Waals surface area (Å²) >= 11 is 0. The van der Waals surface area contributed by atoms with Crippen molar-refractivity contribution >= 4 is 7.98 Å². The minimum atomic E-state index is 0.365. The smallest absolute Gasteiger partial charge is 0.0740 e. The van der Waals surface area contributed by atoms with Gasteiger partial charge in [-0.3, -0.25) is 0 Å². The molecule has 0 heterocycles. The maximum Gasteiger partial charge on any atom is 0.0740 e. The molecule has 1 aliphatic rings. The van der Waals surface area contributed by atoms with Crippen LogP contribution in [-0.4, -0.2) is 14.1 Å². The molecule has 3 radical (unpaired) electrons. The Kier molecular flexibility index (Phi) is 3.08. The van der Waals surface area contributed by atoms with Crippen LogP contribution in [0.15, 0.2) is 0 Å². The highest BCUT2D eigenvalue weighted by Gasteiger charge is 2.11. The third kappa shape index (κ3) is 2.37. The summed E-state index contributed by atoms with van der Waals surface area (Å²) < 4.78 is 0. The molecule has 1 fully saturated rings. The molecule has 3 heteroatoms. The van der Waals surface area contributed by atoms with Gasteiger partial charge in [0.25, 0.3) is 0 Å². The van der Waals surface area contributed by atoms with Crippen LogP contribution >= 0.6 is 0 Å². The number of hydrogen-bond acceptors (Lipinski definition) is 2. The Labute approximate surface area is 57.4 Å². The summed E-state index contributed by atoms with van der Waals surface area (Å²) in [4.78, 5) is 5.01. The van der Waals surface area contributed by atoms with Crippen LogP contribution < -0.4 is 5.39 Å². The van der Waals surface area contributed by atoms with Gasteiger partial charge in [-0.2, -0.15) is 0 Å². The Hall–Kier alpha value is -0.0151. The van der Waals surface area contributed by atoms with Crippen LogP contribution in [0.4, 0.5) is 0 Å². The van der Waals surface area contributed by atoms with Crippen molar-refractivity contribution in [2.75, 3.05) is 0 Å². The highest BCUT2D eigenvalue weighted by atomic mass is 16.6. The lowest BCUT2D eigenvalue weighted by molar-refractivity contribution is -0.00334. The second-order valence-electron chi connectivity index (χ2n) is 2.50. The Morgan fingerprint density at radius 2 is 1.89 bits per heavy atom. The third-order valence-corrected chi connectivity index (χ3v) is 1.79. The summed E-state index contributed by atoms with van der Waals surface area (Å²) in [6.45, 7) is 0. The summed E-state index contributed by atoms with van der Waals surface area (Å²) in [6.07, 6.45) is 6.60. The van der Waals surface area contributed by atoms with E-state index in [0.29, 0.717) is 6.10 Å². The van der Waals surface area contributed by atoms with Crippen LogP contribution in [0.2, 0.25) is 0 Å². The highest BCUT2D eigenvalue weighted by Crippen LogP contribution is 2.18. The second kappa shape index (κ2) is 3.91. The summed E-state index contributed by atoms with van der Waals surface area (Å²) in [5.41, 5.74) is 0. The molecule has 2 nitrogen and oxygen atoms in total. The lowest BCUT2D eigenvalue weighted by Gasteiger charge is -2.25. The molecule has 1 aliphatic carbocycles. The molecular formula is C6H12BNO-. The minimum absolute atomic E-state index is 0.365. The first-order valence-corrected chi connectivity index (χ1v) is 3.54. The molecule has 0 aliphatic heterocycles. The van der Waals surface area contributed by atoms with Crippen LogP contribution in [-0.2, 0) is 4.84 Å². The number of nitrogens with one attached hydrogen (secondary N) is 1. The van der Waals surface area contributed by atoms with Gasteiger partial charge in [-0.05, 0) is 12.8 Å². The fourth-order valence-electron chi connectivity index (χ4n) is 1.28. The molecule has 0 atom stereocenters. The first-order valence-electron chi connectivity index (χ1n) is 3.54. The average molecular weight is 125 g/mol. The van der Waals surface area contributed by atoms with Gasteiger partial charge in [0.1, 0.15) is 0 Å². The van der Waals surface area contributed by atoms with Gasteiger partial charge in [-0.15, -0.1) is 0 Å². The van der Waals surface area contributed by atoms with Crippen molar-refractivity contribution in [3.63, 3.8) is 0 Å². The molecule has 1 saturated carbocycles. The topological polar surface area (TPSA) is 21.3 Å². The van der Waals surface area contributed by atoms with Crippen molar-refractivity contribution in [2.24, 2.45) is 0 Å². The zero-order chi connectivity index (χ0) is 6.53. The summed E-state index contributed by atoms with van der Waals surface area (Å²) in [5, 5.41) is 2.24. The molecule has 0 saturated heterocycles. The predicted molar refractivity (Wildman–Crippen MR) is 36.8 cm³/mol. The van der Waals surface area contributed by atoms with Crippen LogP contribution in [0.3, 0.4) is 0 Å². The van der Waals surface area contributed by atoms with Crippen molar-refractivity contribution in [1.29, 1.82) is 0 Å². The van der Waals surface area contributed by atoms with E-state index < -0.39 is 0 Å². The van der Waals surface area contributed by atoms with Crippen LogP contribution in [0.25, 0.3) is 0 Å². The largest absolute Gasteiger partial charge is 0.480 e. The zero-order valence-electron chi connectivity index (χ0n) is 5.60. The van der Waals surface area contributed by atoms with Crippen LogP contribution in [0.1, 0.15) is 32.1 Å². The first-order chi connectivity index (χ1) is 4.43. The summed E-state index contributed by atoms with van der Waals surface area (Å²) in [7, 11) is 4.99. The van der Waals surface area contributed by atoms with Gasteiger partial charge in [0.05, 0.1) is 6.10 Å². The van der Waals surface area contributed by atoms with Crippen molar-refractivity contribution in [3.05, 3.63) is 0 Å². The quantitative estimate of drug-likeness (QED) is 0.437. The Balaban J connectivity index is 2.08. The molecule has 0 aromatic rings. The van der Waals surface area contributed by atoms with E-state index in [1.54, 1.807) is 0 Å². The van der Waals surface area contributed by atoms with E-state index in [1.165, 1.54) is 19.3 Å². The fourth-order valence-corrected chi connectivity index (χ4v) is 1.28. The van der Waals surface area contributed by atoms with Crippen LogP contribution in [0.5, 0.6) is 0 Å². The van der Waals surface area contributed by atoms with Crippen molar-refractivity contribution in [2.45, 2.75) is 38.2 Å². The van der Waals surface area contributed by atoms with E-state index in [2.05, 4.69) is 5.39 Å². The molecule has 9 heavy (non-hydrogen) atoms. The summed E-state index contributed by atoms with van der Waals surface area (Å²) in [6, 6.07) is 0. The number of hydrogen-bond donors (Lipinski definition) is 1. The van der Waals surface area contributed by atoms with Gasteiger partial charge in [-0.25, -0.2) is 0 Å². The SMILES string of the molecule is [B-]NOC1CCCCC1. The first kappa shape index (κ1) is 7.10. The van der Waals surface area contributed by atoms with Gasteiger partial charge in [0.15, 0.2) is 0 Å². The monoisotopic (exact) mass is 125 g/mol. The van der Waals surface area contributed by atoms with Gasteiger partial charge in [-0.1, -0.05) is 19.3 Å². The minimum Gasteiger partial charge on any atom is -0.480 e. The fraction of sp³-hybridized carbons (Fsp3) is 1.00. The number of rotatable bonds is 2. The van der Waals surface area contributed by atoms with E-state index in [0.717, 1.165) is 12.8 Å². The maximum absolute atomic E-state index is 5.01. The molecule has 51 valence electrons. The molecule has 0 unspecified atom stereocenters. The van der Waals surface area contributed by atoms with E-state index in [9.17, 15) is 0 Å².